The molecule has 0 aromatic heterocycles. The number of rotatable bonds is 3. The lowest BCUT2D eigenvalue weighted by atomic mass is 10.2. The standard InChI is InChI=1S/C13H13NO2/c15-13(12-8-4-5-9-14-12)16-10-11-6-2-1-3-7-11/h1-7H,8-10H2. The van der Waals surface area contributed by atoms with Crippen LogP contribution in [0.15, 0.2) is 47.5 Å². The van der Waals surface area contributed by atoms with Crippen molar-refractivity contribution >= 4 is 11.7 Å². The SMILES string of the molecule is O=C(OCc1ccccc1)C1=NCC=CC1. The highest BCUT2D eigenvalue weighted by Gasteiger charge is 2.12. The molecule has 0 N–H and O–H groups in total. The average Bonchev–Trinajstić information content (AvgIpc) is 2.38. The Morgan fingerprint density at radius 3 is 2.75 bits per heavy atom. The van der Waals surface area contributed by atoms with Crippen molar-refractivity contribution in [2.75, 3.05) is 6.54 Å². The summed E-state index contributed by atoms with van der Waals surface area (Å²) in [7, 11) is 0. The number of carbonyl (C=O) groups excluding carboxylic acids is 1. The van der Waals surface area contributed by atoms with Gasteiger partial charge in [-0.1, -0.05) is 42.5 Å². The number of allylic oxidation sites excluding steroid dienone is 1. The molecule has 1 aromatic rings. The highest BCUT2D eigenvalue weighted by Crippen LogP contribution is 2.04. The Bertz CT molecular complexity index is 421. The fourth-order valence-electron chi connectivity index (χ4n) is 1.45. The van der Waals surface area contributed by atoms with Crippen molar-refractivity contribution in [2.24, 2.45) is 4.99 Å². The zero-order chi connectivity index (χ0) is 11.2. The van der Waals surface area contributed by atoms with E-state index >= 15 is 0 Å². The summed E-state index contributed by atoms with van der Waals surface area (Å²) in [6, 6.07) is 9.63. The third-order valence-corrected chi connectivity index (χ3v) is 2.31. The van der Waals surface area contributed by atoms with E-state index in [4.69, 9.17) is 4.74 Å². The summed E-state index contributed by atoms with van der Waals surface area (Å²) in [5, 5.41) is 0. The van der Waals surface area contributed by atoms with Crippen LogP contribution in [0.2, 0.25) is 0 Å². The van der Waals surface area contributed by atoms with Crippen LogP contribution in [0.25, 0.3) is 0 Å². The van der Waals surface area contributed by atoms with E-state index in [0.717, 1.165) is 5.56 Å². The maximum Gasteiger partial charge on any atom is 0.352 e. The second-order valence-corrected chi connectivity index (χ2v) is 3.52. The molecular weight excluding hydrogens is 202 g/mol. The Hall–Kier alpha value is -1.90. The third-order valence-electron chi connectivity index (χ3n) is 2.31. The molecule has 0 atom stereocenters. The van der Waals surface area contributed by atoms with E-state index in [1.165, 1.54) is 0 Å². The summed E-state index contributed by atoms with van der Waals surface area (Å²) < 4.78 is 5.16. The quantitative estimate of drug-likeness (QED) is 0.572. The molecule has 3 heteroatoms. The number of esters is 1. The van der Waals surface area contributed by atoms with Gasteiger partial charge in [0.05, 0.1) is 6.54 Å². The summed E-state index contributed by atoms with van der Waals surface area (Å²) >= 11 is 0. The van der Waals surface area contributed by atoms with Crippen LogP contribution in [-0.2, 0) is 16.1 Å². The highest BCUT2D eigenvalue weighted by molar-refractivity contribution is 6.37. The first-order valence-electron chi connectivity index (χ1n) is 5.25. The van der Waals surface area contributed by atoms with Crippen molar-refractivity contribution < 1.29 is 9.53 Å². The maximum atomic E-state index is 11.6. The molecule has 0 saturated heterocycles. The van der Waals surface area contributed by atoms with Crippen LogP contribution in [0.1, 0.15) is 12.0 Å². The number of hydrogen-bond acceptors (Lipinski definition) is 3. The fourth-order valence-corrected chi connectivity index (χ4v) is 1.45. The second kappa shape index (κ2) is 5.26. The van der Waals surface area contributed by atoms with Crippen LogP contribution < -0.4 is 0 Å². The van der Waals surface area contributed by atoms with Crippen molar-refractivity contribution in [1.82, 2.24) is 0 Å². The topological polar surface area (TPSA) is 38.7 Å². The van der Waals surface area contributed by atoms with Crippen LogP contribution in [0.4, 0.5) is 0 Å². The zero-order valence-corrected chi connectivity index (χ0v) is 8.93. The molecule has 1 aliphatic heterocycles. The molecule has 0 fully saturated rings. The minimum atomic E-state index is -0.312. The van der Waals surface area contributed by atoms with Crippen LogP contribution in [0.3, 0.4) is 0 Å². The van der Waals surface area contributed by atoms with Crippen LogP contribution >= 0.6 is 0 Å². The van der Waals surface area contributed by atoms with Gasteiger partial charge in [-0.25, -0.2) is 4.79 Å². The van der Waals surface area contributed by atoms with Gasteiger partial charge in [0.25, 0.3) is 0 Å². The Kier molecular flexibility index (Phi) is 3.49. The van der Waals surface area contributed by atoms with Crippen molar-refractivity contribution in [2.45, 2.75) is 13.0 Å². The summed E-state index contributed by atoms with van der Waals surface area (Å²) in [5.74, 6) is -0.312. The molecule has 1 aliphatic rings. The van der Waals surface area contributed by atoms with Gasteiger partial charge in [-0.05, 0) is 5.56 Å². The highest BCUT2D eigenvalue weighted by atomic mass is 16.5. The molecule has 3 nitrogen and oxygen atoms in total. The van der Waals surface area contributed by atoms with Crippen LogP contribution in [0.5, 0.6) is 0 Å². The number of hydrogen-bond donors (Lipinski definition) is 0. The molecule has 0 amide bonds. The molecular formula is C13H13NO2. The Balaban J connectivity index is 1.87. The first kappa shape index (κ1) is 10.6. The molecule has 16 heavy (non-hydrogen) atoms. The normalized spacial score (nSPS) is 14.4. The minimum Gasteiger partial charge on any atom is -0.456 e. The first-order valence-corrected chi connectivity index (χ1v) is 5.25. The van der Waals surface area contributed by atoms with Gasteiger partial charge in [0.1, 0.15) is 12.3 Å². The van der Waals surface area contributed by atoms with E-state index in [1.807, 2.05) is 42.5 Å². The number of dihydropyridines is 1. The fraction of sp³-hybridized carbons (Fsp3) is 0.231. The molecule has 1 aromatic carbocycles. The molecule has 0 saturated carbocycles. The van der Waals surface area contributed by atoms with Gasteiger partial charge in [0, 0.05) is 6.42 Å². The summed E-state index contributed by atoms with van der Waals surface area (Å²) in [4.78, 5) is 15.7. The molecule has 0 aliphatic carbocycles. The average molecular weight is 215 g/mol. The molecule has 1 heterocycles. The lowest BCUT2D eigenvalue weighted by Crippen LogP contribution is -2.18. The number of carbonyl (C=O) groups is 1. The summed E-state index contributed by atoms with van der Waals surface area (Å²) in [5.41, 5.74) is 1.50. The molecule has 0 unspecified atom stereocenters. The van der Waals surface area contributed by atoms with E-state index in [0.29, 0.717) is 25.3 Å². The Labute approximate surface area is 94.5 Å². The van der Waals surface area contributed by atoms with Crippen molar-refractivity contribution in [3.63, 3.8) is 0 Å². The minimum absolute atomic E-state index is 0.308. The van der Waals surface area contributed by atoms with E-state index in [9.17, 15) is 4.79 Å². The monoisotopic (exact) mass is 215 g/mol. The van der Waals surface area contributed by atoms with Crippen molar-refractivity contribution in [3.05, 3.63) is 48.0 Å². The van der Waals surface area contributed by atoms with Crippen LogP contribution in [-0.4, -0.2) is 18.2 Å². The smallest absolute Gasteiger partial charge is 0.352 e. The third kappa shape index (κ3) is 2.79. The number of ether oxygens (including phenoxy) is 1. The Morgan fingerprint density at radius 2 is 2.06 bits per heavy atom. The maximum absolute atomic E-state index is 11.6. The van der Waals surface area contributed by atoms with Crippen LogP contribution in [0, 0.1) is 0 Å². The van der Waals surface area contributed by atoms with Crippen molar-refractivity contribution in [1.29, 1.82) is 0 Å². The van der Waals surface area contributed by atoms with Crippen molar-refractivity contribution in [3.8, 4) is 0 Å². The zero-order valence-electron chi connectivity index (χ0n) is 8.93. The van der Waals surface area contributed by atoms with Gasteiger partial charge < -0.3 is 4.74 Å². The van der Waals surface area contributed by atoms with E-state index < -0.39 is 0 Å². The Morgan fingerprint density at radius 1 is 1.25 bits per heavy atom. The lowest BCUT2D eigenvalue weighted by molar-refractivity contribution is -0.136. The van der Waals surface area contributed by atoms with Gasteiger partial charge in [0.2, 0.25) is 0 Å². The van der Waals surface area contributed by atoms with E-state index in [-0.39, 0.29) is 5.97 Å². The number of aliphatic imine (C=N–C) groups is 1. The lowest BCUT2D eigenvalue weighted by Gasteiger charge is -2.07. The van der Waals surface area contributed by atoms with Gasteiger partial charge in [-0.15, -0.1) is 0 Å². The number of benzene rings is 1. The number of nitrogens with zero attached hydrogens (tertiary/aromatic N) is 1. The largest absolute Gasteiger partial charge is 0.456 e. The molecule has 0 bridgehead atoms. The van der Waals surface area contributed by atoms with E-state index in [2.05, 4.69) is 4.99 Å². The molecule has 0 radical (unpaired) electrons. The van der Waals surface area contributed by atoms with Gasteiger partial charge in [0.15, 0.2) is 0 Å². The summed E-state index contributed by atoms with van der Waals surface area (Å²) in [6.07, 6.45) is 4.45. The van der Waals surface area contributed by atoms with E-state index in [1.54, 1.807) is 0 Å². The van der Waals surface area contributed by atoms with Gasteiger partial charge in [-0.3, -0.25) is 4.99 Å². The first-order chi connectivity index (χ1) is 7.86. The van der Waals surface area contributed by atoms with Gasteiger partial charge in [-0.2, -0.15) is 0 Å². The molecule has 82 valence electrons. The van der Waals surface area contributed by atoms with Gasteiger partial charge >= 0.3 is 5.97 Å². The second-order valence-electron chi connectivity index (χ2n) is 3.52. The predicted octanol–water partition coefficient (Wildman–Crippen LogP) is 2.13. The molecule has 2 rings (SSSR count). The molecule has 0 spiro atoms. The predicted molar refractivity (Wildman–Crippen MR) is 62.3 cm³/mol. The summed E-state index contributed by atoms with van der Waals surface area (Å²) in [6.45, 7) is 0.887.